The predicted octanol–water partition coefficient (Wildman–Crippen LogP) is 4.11. The second-order valence-corrected chi connectivity index (χ2v) is 10.6. The number of aromatic nitrogens is 4. The number of nitroso groups, excluding NO2 is 1. The maximum Gasteiger partial charge on any atom is 0.438 e. The van der Waals surface area contributed by atoms with E-state index in [1.54, 1.807) is 26.2 Å². The van der Waals surface area contributed by atoms with Crippen LogP contribution in [0.15, 0.2) is 69.4 Å². The smallest absolute Gasteiger partial charge is 0.388 e. The van der Waals surface area contributed by atoms with E-state index in [2.05, 4.69) is 20.2 Å². The van der Waals surface area contributed by atoms with Crippen LogP contribution in [0.25, 0.3) is 26.5 Å². The van der Waals surface area contributed by atoms with E-state index in [4.69, 9.17) is 4.74 Å². The minimum Gasteiger partial charge on any atom is -0.388 e. The molecule has 5 rings (SSSR count). The van der Waals surface area contributed by atoms with Crippen molar-refractivity contribution in [2.24, 2.45) is 5.18 Å². The van der Waals surface area contributed by atoms with Crippen LogP contribution >= 0.6 is 11.3 Å². The Kier molecular flexibility index (Phi) is 8.66. The molecule has 1 amide bonds. The second kappa shape index (κ2) is 12.6. The Hall–Kier alpha value is -5.19. The van der Waals surface area contributed by atoms with Gasteiger partial charge in [-0.15, -0.1) is 26.4 Å². The highest BCUT2D eigenvalue weighted by Crippen LogP contribution is 2.38. The number of ether oxygens (including phenoxy) is 1. The Balaban J connectivity index is 1.80. The topological polar surface area (TPSA) is 150 Å². The molecule has 226 valence electrons. The summed E-state index contributed by atoms with van der Waals surface area (Å²) in [5.41, 5.74) is 1.24. The molecular weight excluding hydrogens is 600 g/mol. The molecule has 1 N–H and O–H groups in total. The number of carbonyl (C=O) groups excluding carboxylic acids is 1. The quantitative estimate of drug-likeness (QED) is 0.189. The molecule has 0 fully saturated rings. The van der Waals surface area contributed by atoms with Gasteiger partial charge in [-0.25, -0.2) is 22.9 Å². The summed E-state index contributed by atoms with van der Waals surface area (Å²) in [4.78, 5) is 57.8. The van der Waals surface area contributed by atoms with Gasteiger partial charge < -0.3 is 9.64 Å². The number of thiophene rings is 1. The number of amides is 1. The van der Waals surface area contributed by atoms with E-state index >= 15 is 0 Å². The molecule has 44 heavy (non-hydrogen) atoms. The van der Waals surface area contributed by atoms with Gasteiger partial charge in [0.1, 0.15) is 22.2 Å². The third-order valence-corrected chi connectivity index (χ3v) is 7.70. The molecule has 0 atom stereocenters. The first-order valence-electron chi connectivity index (χ1n) is 12.8. The van der Waals surface area contributed by atoms with E-state index in [0.29, 0.717) is 16.0 Å². The lowest BCUT2D eigenvalue weighted by molar-refractivity contribution is 0.0836. The van der Waals surface area contributed by atoms with Gasteiger partial charge in [0.25, 0.3) is 5.56 Å². The molecule has 0 aliphatic carbocycles. The van der Waals surface area contributed by atoms with Crippen LogP contribution in [0.5, 0.6) is 5.88 Å². The van der Waals surface area contributed by atoms with Crippen LogP contribution < -0.4 is 21.5 Å². The molecule has 0 aliphatic heterocycles. The minimum atomic E-state index is -0.988. The van der Waals surface area contributed by atoms with Crippen LogP contribution in [0.4, 0.5) is 19.3 Å². The molecule has 0 unspecified atom stereocenters. The maximum atomic E-state index is 14.8. The van der Waals surface area contributed by atoms with Crippen molar-refractivity contribution < 1.29 is 23.1 Å². The molecule has 16 heteroatoms. The number of nitrogens with zero attached hydrogens (tertiary/aromatic N) is 6. The average molecular weight is 624 g/mol. The number of carbonyl (C=O) groups is 1. The first-order valence-corrected chi connectivity index (χ1v) is 13.6. The molecule has 0 spiro atoms. The first kappa shape index (κ1) is 30.3. The molecule has 0 radical (unpaired) electrons. The zero-order valence-corrected chi connectivity index (χ0v) is 24.2. The SMILES string of the molecule is CONC(=O)Oc1ccc(-n2c(=O)c3c(CN(C)C)c(-c4ccc(N=O)cc4)sc3n(Cc3c(F)cccc3F)c2=O)nn1. The van der Waals surface area contributed by atoms with Gasteiger partial charge in [-0.2, -0.15) is 5.48 Å². The average Bonchev–Trinajstić information content (AvgIpc) is 3.36. The number of fused-ring (bicyclic) bond motifs is 1. The molecule has 0 saturated carbocycles. The van der Waals surface area contributed by atoms with Crippen molar-refractivity contribution in [2.45, 2.75) is 13.1 Å². The van der Waals surface area contributed by atoms with Crippen molar-refractivity contribution in [3.05, 3.63) is 103 Å². The molecule has 5 aromatic rings. The van der Waals surface area contributed by atoms with Gasteiger partial charge in [0.05, 0.1) is 19.0 Å². The van der Waals surface area contributed by atoms with Crippen LogP contribution in [0, 0.1) is 16.5 Å². The highest BCUT2D eigenvalue weighted by atomic mass is 32.1. The molecule has 3 heterocycles. The third kappa shape index (κ3) is 5.85. The standard InChI is InChI=1S/C28H23F2N7O6S/c1-35(2)13-18-23-25(38)37(21-11-12-22(32-31-21)43-27(39)34-42-3)28(40)36(14-17-19(29)5-4-6-20(17)30)26(23)44-24(18)15-7-9-16(33-41)10-8-15/h4-12H,13-14H2,1-3H3,(H,34,39). The lowest BCUT2D eigenvalue weighted by atomic mass is 10.1. The number of hydrogen-bond donors (Lipinski definition) is 1. The van der Waals surface area contributed by atoms with Gasteiger partial charge in [0, 0.05) is 23.1 Å². The zero-order valence-electron chi connectivity index (χ0n) is 23.4. The van der Waals surface area contributed by atoms with E-state index in [9.17, 15) is 28.1 Å². The fourth-order valence-corrected chi connectivity index (χ4v) is 5.81. The zero-order chi connectivity index (χ0) is 31.5. The summed E-state index contributed by atoms with van der Waals surface area (Å²) in [6, 6.07) is 12.1. The second-order valence-electron chi connectivity index (χ2n) is 9.60. The number of halogens is 2. The van der Waals surface area contributed by atoms with E-state index in [-0.39, 0.29) is 39.7 Å². The van der Waals surface area contributed by atoms with Crippen LogP contribution in [0.2, 0.25) is 0 Å². The largest absolute Gasteiger partial charge is 0.438 e. The molecule has 13 nitrogen and oxygen atoms in total. The third-order valence-electron chi connectivity index (χ3n) is 6.40. The van der Waals surface area contributed by atoms with Gasteiger partial charge >= 0.3 is 11.8 Å². The van der Waals surface area contributed by atoms with E-state index < -0.39 is 35.5 Å². The van der Waals surface area contributed by atoms with Crippen molar-refractivity contribution in [3.8, 4) is 22.1 Å². The first-order chi connectivity index (χ1) is 21.1. The summed E-state index contributed by atoms with van der Waals surface area (Å²) in [7, 11) is 4.79. The monoisotopic (exact) mass is 623 g/mol. The van der Waals surface area contributed by atoms with Gasteiger partial charge in [-0.1, -0.05) is 18.2 Å². The Morgan fingerprint density at radius 3 is 2.32 bits per heavy atom. The summed E-state index contributed by atoms with van der Waals surface area (Å²) < 4.78 is 36.4. The van der Waals surface area contributed by atoms with Crippen molar-refractivity contribution in [1.29, 1.82) is 0 Å². The highest BCUT2D eigenvalue weighted by Gasteiger charge is 2.26. The van der Waals surface area contributed by atoms with Gasteiger partial charge in [-0.05, 0) is 60.7 Å². The van der Waals surface area contributed by atoms with Crippen molar-refractivity contribution in [2.75, 3.05) is 21.2 Å². The van der Waals surface area contributed by atoms with Crippen LogP contribution in [-0.4, -0.2) is 51.5 Å². The van der Waals surface area contributed by atoms with E-state index in [0.717, 1.165) is 32.6 Å². The normalized spacial score (nSPS) is 11.2. The summed E-state index contributed by atoms with van der Waals surface area (Å²) in [6.45, 7) is -0.299. The summed E-state index contributed by atoms with van der Waals surface area (Å²) >= 11 is 1.09. The van der Waals surface area contributed by atoms with Gasteiger partial charge in [0.2, 0.25) is 5.88 Å². The summed E-state index contributed by atoms with van der Waals surface area (Å²) in [6.07, 6.45) is -0.988. The van der Waals surface area contributed by atoms with Crippen LogP contribution in [-0.2, 0) is 17.9 Å². The molecule has 2 aromatic carbocycles. The van der Waals surface area contributed by atoms with Gasteiger partial charge in [-0.3, -0.25) is 14.2 Å². The van der Waals surface area contributed by atoms with E-state index in [1.165, 1.54) is 37.4 Å². The molecule has 3 aromatic heterocycles. The van der Waals surface area contributed by atoms with E-state index in [1.807, 2.05) is 10.4 Å². The fourth-order valence-electron chi connectivity index (χ4n) is 4.51. The Morgan fingerprint density at radius 2 is 1.73 bits per heavy atom. The summed E-state index contributed by atoms with van der Waals surface area (Å²) in [5, 5.41) is 10.7. The number of nitrogens with one attached hydrogen (secondary N) is 1. The predicted molar refractivity (Wildman–Crippen MR) is 157 cm³/mol. The number of hydrogen-bond acceptors (Lipinski definition) is 11. The van der Waals surface area contributed by atoms with Gasteiger partial charge in [0.15, 0.2) is 5.82 Å². The Labute approximate surface area is 250 Å². The minimum absolute atomic E-state index is 0.120. The highest BCUT2D eigenvalue weighted by molar-refractivity contribution is 7.22. The van der Waals surface area contributed by atoms with Crippen molar-refractivity contribution >= 4 is 33.3 Å². The fraction of sp³-hybridized carbons (Fsp3) is 0.179. The number of benzene rings is 2. The lowest BCUT2D eigenvalue weighted by Gasteiger charge is -2.14. The number of hydroxylamine groups is 1. The van der Waals surface area contributed by atoms with Crippen molar-refractivity contribution in [1.82, 2.24) is 29.7 Å². The van der Waals surface area contributed by atoms with Crippen LogP contribution in [0.1, 0.15) is 11.1 Å². The molecular formula is C28H23F2N7O6S. The summed E-state index contributed by atoms with van der Waals surface area (Å²) in [5.74, 6) is -2.24. The molecule has 0 bridgehead atoms. The maximum absolute atomic E-state index is 14.8. The molecule has 0 aliphatic rings. The van der Waals surface area contributed by atoms with Crippen molar-refractivity contribution in [3.63, 3.8) is 0 Å². The lowest BCUT2D eigenvalue weighted by Crippen LogP contribution is -2.40. The van der Waals surface area contributed by atoms with Crippen LogP contribution in [0.3, 0.4) is 0 Å². The Bertz CT molecular complexity index is 1970. The Morgan fingerprint density at radius 1 is 1.02 bits per heavy atom. The molecule has 0 saturated heterocycles. The number of rotatable bonds is 9.